The molecular formula is C10H15ClN4O. The average molecular weight is 243 g/mol. The van der Waals surface area contributed by atoms with Crippen LogP contribution in [0.2, 0.25) is 5.15 Å². The van der Waals surface area contributed by atoms with E-state index in [1.807, 2.05) is 20.8 Å². The lowest BCUT2D eigenvalue weighted by atomic mass is 10.1. The highest BCUT2D eigenvalue weighted by atomic mass is 35.5. The number of nitrogens with zero attached hydrogens (tertiary/aromatic N) is 2. The summed E-state index contributed by atoms with van der Waals surface area (Å²) < 4.78 is 0. The average Bonchev–Trinajstić information content (AvgIpc) is 2.12. The first-order valence-corrected chi connectivity index (χ1v) is 5.27. The van der Waals surface area contributed by atoms with Crippen molar-refractivity contribution in [1.29, 1.82) is 0 Å². The minimum Gasteiger partial charge on any atom is -0.360 e. The molecule has 0 bridgehead atoms. The minimum atomic E-state index is -0.237. The van der Waals surface area contributed by atoms with Crippen molar-refractivity contribution in [3.8, 4) is 0 Å². The van der Waals surface area contributed by atoms with Crippen molar-refractivity contribution in [2.45, 2.75) is 26.3 Å². The first-order chi connectivity index (χ1) is 7.37. The van der Waals surface area contributed by atoms with E-state index in [2.05, 4.69) is 20.6 Å². The molecule has 1 rings (SSSR count). The van der Waals surface area contributed by atoms with Crippen molar-refractivity contribution in [3.05, 3.63) is 17.5 Å². The Labute approximate surface area is 99.6 Å². The molecular weight excluding hydrogens is 228 g/mol. The number of halogens is 1. The summed E-state index contributed by atoms with van der Waals surface area (Å²) in [5.74, 6) is 0.380. The molecule has 0 radical (unpaired) electrons. The zero-order valence-corrected chi connectivity index (χ0v) is 10.3. The van der Waals surface area contributed by atoms with E-state index < -0.39 is 0 Å². The van der Waals surface area contributed by atoms with Crippen LogP contribution in [0, 0.1) is 0 Å². The highest BCUT2D eigenvalue weighted by Gasteiger charge is 2.13. The van der Waals surface area contributed by atoms with Gasteiger partial charge in [0.05, 0.1) is 18.9 Å². The van der Waals surface area contributed by atoms with Gasteiger partial charge in [0.1, 0.15) is 11.0 Å². The van der Waals surface area contributed by atoms with E-state index in [0.717, 1.165) is 0 Å². The second-order valence-electron chi connectivity index (χ2n) is 4.38. The molecule has 0 spiro atoms. The van der Waals surface area contributed by atoms with Gasteiger partial charge in [0.2, 0.25) is 5.91 Å². The number of rotatable bonds is 3. The summed E-state index contributed by atoms with van der Waals surface area (Å²) in [6, 6.07) is 0. The van der Waals surface area contributed by atoms with Gasteiger partial charge in [-0.15, -0.1) is 0 Å². The molecule has 0 aliphatic rings. The normalized spacial score (nSPS) is 11.0. The van der Waals surface area contributed by atoms with Gasteiger partial charge >= 0.3 is 0 Å². The Balaban J connectivity index is 2.43. The van der Waals surface area contributed by atoms with Crippen LogP contribution in [-0.2, 0) is 4.79 Å². The molecule has 6 heteroatoms. The summed E-state index contributed by atoms with van der Waals surface area (Å²) in [6.07, 6.45) is 2.94. The van der Waals surface area contributed by atoms with Crippen molar-refractivity contribution in [1.82, 2.24) is 15.3 Å². The van der Waals surface area contributed by atoms with Gasteiger partial charge in [-0.3, -0.25) is 9.78 Å². The zero-order chi connectivity index (χ0) is 12.2. The fraction of sp³-hybridized carbons (Fsp3) is 0.500. The van der Waals surface area contributed by atoms with Crippen LogP contribution in [0.5, 0.6) is 0 Å². The summed E-state index contributed by atoms with van der Waals surface area (Å²) >= 11 is 5.65. The van der Waals surface area contributed by atoms with Gasteiger partial charge in [0.15, 0.2) is 0 Å². The number of hydrogen-bond acceptors (Lipinski definition) is 4. The Morgan fingerprint density at radius 2 is 2.12 bits per heavy atom. The van der Waals surface area contributed by atoms with Gasteiger partial charge in [-0.05, 0) is 20.8 Å². The van der Waals surface area contributed by atoms with Crippen LogP contribution in [0.15, 0.2) is 12.4 Å². The zero-order valence-electron chi connectivity index (χ0n) is 9.54. The van der Waals surface area contributed by atoms with Crippen molar-refractivity contribution in [3.63, 3.8) is 0 Å². The van der Waals surface area contributed by atoms with Gasteiger partial charge in [0, 0.05) is 5.54 Å². The molecule has 0 aromatic carbocycles. The van der Waals surface area contributed by atoms with E-state index in [0.29, 0.717) is 11.0 Å². The lowest BCUT2D eigenvalue weighted by Gasteiger charge is -2.20. The second kappa shape index (κ2) is 5.12. The molecule has 0 fully saturated rings. The third kappa shape index (κ3) is 4.93. The van der Waals surface area contributed by atoms with Crippen LogP contribution < -0.4 is 10.6 Å². The monoisotopic (exact) mass is 242 g/mol. The molecule has 0 aliphatic carbocycles. The lowest BCUT2D eigenvalue weighted by Crippen LogP contribution is -2.43. The molecule has 5 nitrogen and oxygen atoms in total. The molecule has 1 heterocycles. The first-order valence-electron chi connectivity index (χ1n) is 4.89. The molecule has 0 saturated heterocycles. The van der Waals surface area contributed by atoms with Gasteiger partial charge < -0.3 is 10.6 Å². The number of amides is 1. The SMILES string of the molecule is CC(C)(C)NC(=O)CNc1cncc(Cl)n1. The topological polar surface area (TPSA) is 66.9 Å². The standard InChI is InChI=1S/C10H15ClN4O/c1-10(2,3)15-9(16)6-13-8-5-12-4-7(11)14-8/h4-5H,6H2,1-3H3,(H,13,14)(H,15,16). The van der Waals surface area contributed by atoms with E-state index in [9.17, 15) is 4.79 Å². The second-order valence-corrected chi connectivity index (χ2v) is 4.77. The first kappa shape index (κ1) is 12.7. The third-order valence-corrected chi connectivity index (χ3v) is 1.73. The van der Waals surface area contributed by atoms with Crippen molar-refractivity contribution < 1.29 is 4.79 Å². The largest absolute Gasteiger partial charge is 0.360 e. The Morgan fingerprint density at radius 1 is 1.44 bits per heavy atom. The maximum atomic E-state index is 11.5. The quantitative estimate of drug-likeness (QED) is 0.842. The van der Waals surface area contributed by atoms with E-state index in [-0.39, 0.29) is 18.0 Å². The van der Waals surface area contributed by atoms with Crippen LogP contribution in [0.4, 0.5) is 5.82 Å². The smallest absolute Gasteiger partial charge is 0.239 e. The Kier molecular flexibility index (Phi) is 4.06. The molecule has 0 atom stereocenters. The number of aromatic nitrogens is 2. The molecule has 0 aliphatic heterocycles. The molecule has 1 aromatic rings. The van der Waals surface area contributed by atoms with Gasteiger partial charge in [-0.1, -0.05) is 11.6 Å². The molecule has 2 N–H and O–H groups in total. The summed E-state index contributed by atoms with van der Waals surface area (Å²) in [7, 11) is 0. The number of anilines is 1. The Hall–Kier alpha value is -1.36. The van der Waals surface area contributed by atoms with E-state index in [1.54, 1.807) is 0 Å². The van der Waals surface area contributed by atoms with Gasteiger partial charge in [0.25, 0.3) is 0 Å². The summed E-state index contributed by atoms with van der Waals surface area (Å²) in [5, 5.41) is 5.95. The maximum Gasteiger partial charge on any atom is 0.239 e. The van der Waals surface area contributed by atoms with Gasteiger partial charge in [-0.2, -0.15) is 0 Å². The van der Waals surface area contributed by atoms with Crippen LogP contribution in [0.3, 0.4) is 0 Å². The predicted molar refractivity (Wildman–Crippen MR) is 63.4 cm³/mol. The summed E-state index contributed by atoms with van der Waals surface area (Å²) in [5.41, 5.74) is -0.237. The third-order valence-electron chi connectivity index (χ3n) is 1.55. The summed E-state index contributed by atoms with van der Waals surface area (Å²) in [6.45, 7) is 5.91. The Morgan fingerprint density at radius 3 is 2.69 bits per heavy atom. The highest BCUT2D eigenvalue weighted by Crippen LogP contribution is 2.06. The van der Waals surface area contributed by atoms with E-state index in [1.165, 1.54) is 12.4 Å². The molecule has 1 aromatic heterocycles. The number of carbonyl (C=O) groups excluding carboxylic acids is 1. The number of hydrogen-bond donors (Lipinski definition) is 2. The molecule has 16 heavy (non-hydrogen) atoms. The summed E-state index contributed by atoms with van der Waals surface area (Å²) in [4.78, 5) is 19.3. The minimum absolute atomic E-state index is 0.103. The van der Waals surface area contributed by atoms with Crippen molar-refractivity contribution in [2.75, 3.05) is 11.9 Å². The van der Waals surface area contributed by atoms with E-state index in [4.69, 9.17) is 11.6 Å². The maximum absolute atomic E-state index is 11.5. The van der Waals surface area contributed by atoms with Crippen molar-refractivity contribution in [2.24, 2.45) is 0 Å². The predicted octanol–water partition coefficient (Wildman–Crippen LogP) is 1.46. The fourth-order valence-corrected chi connectivity index (χ4v) is 1.21. The lowest BCUT2D eigenvalue weighted by molar-refractivity contribution is -0.120. The van der Waals surface area contributed by atoms with Crippen LogP contribution in [0.1, 0.15) is 20.8 Å². The Bertz CT molecular complexity index is 375. The molecule has 0 saturated carbocycles. The van der Waals surface area contributed by atoms with Crippen LogP contribution in [-0.4, -0.2) is 28.0 Å². The van der Waals surface area contributed by atoms with Crippen LogP contribution >= 0.6 is 11.6 Å². The van der Waals surface area contributed by atoms with E-state index >= 15 is 0 Å². The molecule has 88 valence electrons. The van der Waals surface area contributed by atoms with Crippen molar-refractivity contribution >= 4 is 23.3 Å². The van der Waals surface area contributed by atoms with Crippen LogP contribution in [0.25, 0.3) is 0 Å². The number of nitrogens with one attached hydrogen (secondary N) is 2. The fourth-order valence-electron chi connectivity index (χ4n) is 1.06. The molecule has 0 unspecified atom stereocenters. The number of carbonyl (C=O) groups is 1. The van der Waals surface area contributed by atoms with Gasteiger partial charge in [-0.25, -0.2) is 4.98 Å². The highest BCUT2D eigenvalue weighted by molar-refractivity contribution is 6.29. The molecule has 1 amide bonds.